The maximum Gasteiger partial charge on any atom is 0.253 e. The van der Waals surface area contributed by atoms with Gasteiger partial charge in [-0.25, -0.2) is 0 Å². The molecule has 0 unspecified atom stereocenters. The number of likely N-dealkylation sites (tertiary alicyclic amines) is 1. The number of benzene rings is 2. The zero-order chi connectivity index (χ0) is 20.8. The van der Waals surface area contributed by atoms with Crippen molar-refractivity contribution in [3.05, 3.63) is 65.0 Å². The lowest BCUT2D eigenvalue weighted by molar-refractivity contribution is 0.0713. The average Bonchev–Trinajstić information content (AvgIpc) is 3.33. The third-order valence-electron chi connectivity index (χ3n) is 6.70. The molecule has 1 saturated heterocycles. The molecule has 2 aromatic heterocycles. The smallest absolute Gasteiger partial charge is 0.253 e. The van der Waals surface area contributed by atoms with Crippen LogP contribution < -0.4 is 4.74 Å². The molecule has 30 heavy (non-hydrogen) atoms. The maximum atomic E-state index is 13.1. The molecule has 0 saturated carbocycles. The zero-order valence-electron chi connectivity index (χ0n) is 17.7. The van der Waals surface area contributed by atoms with E-state index >= 15 is 0 Å². The number of hydrogen-bond acceptors (Lipinski definition) is 2. The molecule has 5 nitrogen and oxygen atoms in total. The number of aromatic amines is 2. The standard InChI is InChI=1S/C25H27N3O2/c1-15-16(2)27-24-6-4-18(12-20(15)24)25(29)28-10-8-17(9-11-28)22-14-26-23-7-5-19(30-3)13-21(22)23/h4-7,12-14,17,26-27H,8-11H2,1-3H3. The minimum Gasteiger partial charge on any atom is -0.497 e. The Morgan fingerprint density at radius 3 is 2.57 bits per heavy atom. The fraction of sp³-hybridized carbons (Fsp3) is 0.320. The number of ether oxygens (including phenoxy) is 1. The summed E-state index contributed by atoms with van der Waals surface area (Å²) < 4.78 is 5.40. The van der Waals surface area contributed by atoms with E-state index in [1.54, 1.807) is 7.11 Å². The lowest BCUT2D eigenvalue weighted by Crippen LogP contribution is -2.37. The Morgan fingerprint density at radius 1 is 1.03 bits per heavy atom. The molecular formula is C25H27N3O2. The number of piperidine rings is 1. The minimum absolute atomic E-state index is 0.134. The number of methoxy groups -OCH3 is 1. The molecule has 2 N–H and O–H groups in total. The quantitative estimate of drug-likeness (QED) is 0.490. The van der Waals surface area contributed by atoms with Crippen LogP contribution in [0.2, 0.25) is 0 Å². The van der Waals surface area contributed by atoms with Crippen LogP contribution in [-0.2, 0) is 0 Å². The number of aromatic nitrogens is 2. The second-order valence-electron chi connectivity index (χ2n) is 8.36. The molecular weight excluding hydrogens is 374 g/mol. The SMILES string of the molecule is COc1ccc2[nH]cc(C3CCN(C(=O)c4ccc5[nH]c(C)c(C)c5c4)CC3)c2c1. The van der Waals surface area contributed by atoms with E-state index in [9.17, 15) is 4.79 Å². The molecule has 1 aliphatic heterocycles. The third kappa shape index (κ3) is 3.05. The van der Waals surface area contributed by atoms with Crippen LogP contribution in [0.25, 0.3) is 21.8 Å². The van der Waals surface area contributed by atoms with E-state index in [1.807, 2.05) is 29.2 Å². The second kappa shape index (κ2) is 7.24. The van der Waals surface area contributed by atoms with Crippen molar-refractivity contribution in [3.63, 3.8) is 0 Å². The van der Waals surface area contributed by atoms with Crippen LogP contribution in [0.4, 0.5) is 0 Å². The molecule has 1 fully saturated rings. The fourth-order valence-electron chi connectivity index (χ4n) is 4.76. The summed E-state index contributed by atoms with van der Waals surface area (Å²) in [6, 6.07) is 12.2. The van der Waals surface area contributed by atoms with E-state index in [1.165, 1.54) is 16.5 Å². The van der Waals surface area contributed by atoms with Gasteiger partial charge in [0.15, 0.2) is 0 Å². The van der Waals surface area contributed by atoms with Crippen LogP contribution in [0.1, 0.15) is 45.9 Å². The van der Waals surface area contributed by atoms with Crippen molar-refractivity contribution < 1.29 is 9.53 Å². The Labute approximate surface area is 176 Å². The number of carbonyl (C=O) groups excluding carboxylic acids is 1. The summed E-state index contributed by atoms with van der Waals surface area (Å²) in [5.41, 5.74) is 6.71. The third-order valence-corrected chi connectivity index (χ3v) is 6.70. The molecule has 154 valence electrons. The minimum atomic E-state index is 0.134. The Bertz CT molecular complexity index is 1240. The Hall–Kier alpha value is -3.21. The van der Waals surface area contributed by atoms with Crippen LogP contribution in [0, 0.1) is 13.8 Å². The molecule has 0 aliphatic carbocycles. The molecule has 1 aliphatic rings. The fourth-order valence-corrected chi connectivity index (χ4v) is 4.76. The van der Waals surface area contributed by atoms with Crippen LogP contribution >= 0.6 is 0 Å². The number of hydrogen-bond donors (Lipinski definition) is 2. The van der Waals surface area contributed by atoms with Gasteiger partial charge in [-0.1, -0.05) is 0 Å². The van der Waals surface area contributed by atoms with E-state index in [2.05, 4.69) is 42.1 Å². The topological polar surface area (TPSA) is 61.1 Å². The molecule has 2 aromatic carbocycles. The summed E-state index contributed by atoms with van der Waals surface area (Å²) in [5.74, 6) is 1.46. The number of carbonyl (C=O) groups is 1. The number of nitrogens with one attached hydrogen (secondary N) is 2. The van der Waals surface area contributed by atoms with Gasteiger partial charge in [-0.2, -0.15) is 0 Å². The van der Waals surface area contributed by atoms with E-state index in [-0.39, 0.29) is 5.91 Å². The van der Waals surface area contributed by atoms with Gasteiger partial charge in [0.05, 0.1) is 7.11 Å². The largest absolute Gasteiger partial charge is 0.497 e. The summed E-state index contributed by atoms with van der Waals surface area (Å²) in [6.45, 7) is 5.73. The Morgan fingerprint density at radius 2 is 1.80 bits per heavy atom. The first-order valence-corrected chi connectivity index (χ1v) is 10.6. The van der Waals surface area contributed by atoms with Gasteiger partial charge in [0.2, 0.25) is 0 Å². The second-order valence-corrected chi connectivity index (χ2v) is 8.36. The molecule has 5 heteroatoms. The number of amides is 1. The first-order chi connectivity index (χ1) is 14.5. The van der Waals surface area contributed by atoms with Crippen molar-refractivity contribution >= 4 is 27.7 Å². The van der Waals surface area contributed by atoms with Crippen LogP contribution in [0.15, 0.2) is 42.6 Å². The number of fused-ring (bicyclic) bond motifs is 2. The van der Waals surface area contributed by atoms with E-state index in [0.29, 0.717) is 5.92 Å². The monoisotopic (exact) mass is 401 g/mol. The summed E-state index contributed by atoms with van der Waals surface area (Å²) in [6.07, 6.45) is 4.07. The van der Waals surface area contributed by atoms with Gasteiger partial charge >= 0.3 is 0 Å². The van der Waals surface area contributed by atoms with Crippen molar-refractivity contribution in [2.24, 2.45) is 0 Å². The number of aryl methyl sites for hydroxylation is 2. The Balaban J connectivity index is 1.33. The molecule has 0 spiro atoms. The van der Waals surface area contributed by atoms with Crippen molar-refractivity contribution in [2.75, 3.05) is 20.2 Å². The zero-order valence-corrected chi connectivity index (χ0v) is 17.7. The summed E-state index contributed by atoms with van der Waals surface area (Å²) >= 11 is 0. The predicted octanol–water partition coefficient (Wildman–Crippen LogP) is 5.29. The molecule has 1 amide bonds. The van der Waals surface area contributed by atoms with Crippen molar-refractivity contribution in [1.29, 1.82) is 0 Å². The van der Waals surface area contributed by atoms with Crippen molar-refractivity contribution in [3.8, 4) is 5.75 Å². The summed E-state index contributed by atoms with van der Waals surface area (Å²) in [7, 11) is 1.70. The first kappa shape index (κ1) is 18.8. The lowest BCUT2D eigenvalue weighted by atomic mass is 9.89. The molecule has 3 heterocycles. The number of rotatable bonds is 3. The van der Waals surface area contributed by atoms with Crippen molar-refractivity contribution in [2.45, 2.75) is 32.6 Å². The molecule has 0 bridgehead atoms. The van der Waals surface area contributed by atoms with Gasteiger partial charge in [0.25, 0.3) is 5.91 Å². The lowest BCUT2D eigenvalue weighted by Gasteiger charge is -2.32. The highest BCUT2D eigenvalue weighted by molar-refractivity contribution is 5.99. The van der Waals surface area contributed by atoms with Gasteiger partial charge in [0.1, 0.15) is 5.75 Å². The van der Waals surface area contributed by atoms with Gasteiger partial charge in [-0.3, -0.25) is 4.79 Å². The highest BCUT2D eigenvalue weighted by atomic mass is 16.5. The highest BCUT2D eigenvalue weighted by Crippen LogP contribution is 2.35. The van der Waals surface area contributed by atoms with Crippen LogP contribution in [-0.4, -0.2) is 41.0 Å². The van der Waals surface area contributed by atoms with E-state index < -0.39 is 0 Å². The van der Waals surface area contributed by atoms with Gasteiger partial charge in [-0.15, -0.1) is 0 Å². The average molecular weight is 402 g/mol. The van der Waals surface area contributed by atoms with Crippen LogP contribution in [0.3, 0.4) is 0 Å². The molecule has 4 aromatic rings. The maximum absolute atomic E-state index is 13.1. The number of H-pyrrole nitrogens is 2. The summed E-state index contributed by atoms with van der Waals surface area (Å²) in [4.78, 5) is 21.9. The van der Waals surface area contributed by atoms with Gasteiger partial charge in [-0.05, 0) is 80.1 Å². The molecule has 0 atom stereocenters. The molecule has 0 radical (unpaired) electrons. The van der Waals surface area contributed by atoms with Gasteiger partial charge in [0, 0.05) is 52.3 Å². The predicted molar refractivity (Wildman–Crippen MR) is 121 cm³/mol. The van der Waals surface area contributed by atoms with Crippen LogP contribution in [0.5, 0.6) is 5.75 Å². The molecule has 5 rings (SSSR count). The van der Waals surface area contributed by atoms with E-state index in [4.69, 9.17) is 4.74 Å². The summed E-state index contributed by atoms with van der Waals surface area (Å²) in [5, 5.41) is 2.36. The number of nitrogens with zero attached hydrogens (tertiary/aromatic N) is 1. The highest BCUT2D eigenvalue weighted by Gasteiger charge is 2.26. The first-order valence-electron chi connectivity index (χ1n) is 10.6. The normalized spacial score (nSPS) is 15.2. The van der Waals surface area contributed by atoms with Crippen molar-refractivity contribution in [1.82, 2.24) is 14.9 Å². The van der Waals surface area contributed by atoms with Gasteiger partial charge < -0.3 is 19.6 Å². The Kier molecular flexibility index (Phi) is 4.54. The van der Waals surface area contributed by atoms with E-state index in [0.717, 1.165) is 59.4 Å².